The number of thiazole rings is 1. The molecule has 3 aromatic rings. The Morgan fingerprint density at radius 1 is 1.10 bits per heavy atom. The van der Waals surface area contributed by atoms with E-state index in [1.54, 1.807) is 11.3 Å². The van der Waals surface area contributed by atoms with Gasteiger partial charge in [0.25, 0.3) is 0 Å². The van der Waals surface area contributed by atoms with Crippen LogP contribution < -0.4 is 5.32 Å². The maximum Gasteiger partial charge on any atom is 0.174 e. The highest BCUT2D eigenvalue weighted by Crippen LogP contribution is 2.31. The predicted molar refractivity (Wildman–Crippen MR) is 89.0 cm³/mol. The maximum absolute atomic E-state index is 4.74. The maximum atomic E-state index is 4.74. The van der Waals surface area contributed by atoms with E-state index in [1.807, 2.05) is 26.0 Å². The molecule has 2 heterocycles. The van der Waals surface area contributed by atoms with Gasteiger partial charge in [-0.05, 0) is 39.3 Å². The molecule has 0 spiro atoms. The van der Waals surface area contributed by atoms with Gasteiger partial charge in [0, 0.05) is 11.9 Å². The lowest BCUT2D eigenvalue weighted by Crippen LogP contribution is -2.03. The fourth-order valence-electron chi connectivity index (χ4n) is 2.49. The summed E-state index contributed by atoms with van der Waals surface area (Å²) >= 11 is 1.64. The Hall–Kier alpha value is -2.01. The first-order valence-electron chi connectivity index (χ1n) is 7.05. The van der Waals surface area contributed by atoms with E-state index < -0.39 is 0 Å². The summed E-state index contributed by atoms with van der Waals surface area (Å²) < 4.78 is 0. The molecule has 3 rings (SSSR count). The van der Waals surface area contributed by atoms with Crippen molar-refractivity contribution >= 4 is 28.1 Å². The zero-order chi connectivity index (χ0) is 15.0. The molecular formula is C16H18N4S. The van der Waals surface area contributed by atoms with Crippen molar-refractivity contribution in [1.29, 1.82) is 0 Å². The lowest BCUT2D eigenvalue weighted by molar-refractivity contribution is 1.13. The average molecular weight is 298 g/mol. The molecule has 0 radical (unpaired) electrons. The number of anilines is 1. The molecule has 0 amide bonds. The van der Waals surface area contributed by atoms with Crippen molar-refractivity contribution in [3.8, 4) is 10.7 Å². The Morgan fingerprint density at radius 2 is 1.90 bits per heavy atom. The molecule has 1 aromatic carbocycles. The number of hydrogen-bond donors (Lipinski definition) is 1. The monoisotopic (exact) mass is 298 g/mol. The fourth-order valence-corrected chi connectivity index (χ4v) is 3.34. The van der Waals surface area contributed by atoms with Crippen LogP contribution in [0.4, 0.5) is 5.82 Å². The summed E-state index contributed by atoms with van der Waals surface area (Å²) in [6.45, 7) is 9.02. The number of nitrogens with one attached hydrogen (secondary N) is 1. The average Bonchev–Trinajstić information content (AvgIpc) is 2.78. The van der Waals surface area contributed by atoms with Crippen LogP contribution in [0.1, 0.15) is 23.2 Å². The first-order chi connectivity index (χ1) is 10.1. The summed E-state index contributed by atoms with van der Waals surface area (Å²) in [7, 11) is 0. The van der Waals surface area contributed by atoms with Gasteiger partial charge in [-0.15, -0.1) is 11.3 Å². The Morgan fingerprint density at radius 3 is 2.57 bits per heavy atom. The van der Waals surface area contributed by atoms with Crippen LogP contribution >= 0.6 is 11.3 Å². The lowest BCUT2D eigenvalue weighted by Gasteiger charge is -2.11. The van der Waals surface area contributed by atoms with Gasteiger partial charge in [-0.1, -0.05) is 12.1 Å². The normalized spacial score (nSPS) is 11.0. The van der Waals surface area contributed by atoms with Crippen LogP contribution in [0.25, 0.3) is 21.6 Å². The summed E-state index contributed by atoms with van der Waals surface area (Å²) in [5.41, 5.74) is 3.15. The topological polar surface area (TPSA) is 50.7 Å². The Bertz CT molecular complexity index is 807. The minimum absolute atomic E-state index is 0.757. The van der Waals surface area contributed by atoms with Gasteiger partial charge in [-0.25, -0.2) is 15.0 Å². The number of aryl methyl sites for hydroxylation is 3. The fraction of sp³-hybridized carbons (Fsp3) is 0.312. The first kappa shape index (κ1) is 13.9. The van der Waals surface area contributed by atoms with Gasteiger partial charge in [0.1, 0.15) is 5.82 Å². The van der Waals surface area contributed by atoms with Crippen molar-refractivity contribution < 1.29 is 0 Å². The van der Waals surface area contributed by atoms with Gasteiger partial charge < -0.3 is 5.32 Å². The zero-order valence-corrected chi connectivity index (χ0v) is 13.5. The second-order valence-electron chi connectivity index (χ2n) is 5.04. The molecule has 1 N–H and O–H groups in total. The van der Waals surface area contributed by atoms with Gasteiger partial charge in [0.2, 0.25) is 0 Å². The zero-order valence-electron chi connectivity index (χ0n) is 12.7. The molecule has 0 aliphatic heterocycles. The third kappa shape index (κ3) is 2.49. The highest BCUT2D eigenvalue weighted by Gasteiger charge is 2.14. The number of fused-ring (bicyclic) bond motifs is 1. The van der Waals surface area contributed by atoms with E-state index >= 15 is 0 Å². The van der Waals surface area contributed by atoms with Crippen LogP contribution in [0.5, 0.6) is 0 Å². The van der Waals surface area contributed by atoms with Crippen molar-refractivity contribution in [2.45, 2.75) is 27.7 Å². The largest absolute Gasteiger partial charge is 0.370 e. The van der Waals surface area contributed by atoms with Crippen LogP contribution in [-0.2, 0) is 0 Å². The van der Waals surface area contributed by atoms with Gasteiger partial charge in [-0.3, -0.25) is 0 Å². The third-order valence-electron chi connectivity index (χ3n) is 3.38. The van der Waals surface area contributed by atoms with Crippen molar-refractivity contribution in [3.05, 3.63) is 34.5 Å². The number of benzene rings is 1. The second kappa shape index (κ2) is 5.41. The summed E-state index contributed by atoms with van der Waals surface area (Å²) in [5, 5.41) is 5.50. The van der Waals surface area contributed by atoms with Gasteiger partial charge >= 0.3 is 0 Å². The summed E-state index contributed by atoms with van der Waals surface area (Å²) in [6, 6.07) is 6.17. The van der Waals surface area contributed by atoms with Gasteiger partial charge in [0.15, 0.2) is 5.82 Å². The number of nitrogens with zero attached hydrogens (tertiary/aromatic N) is 3. The van der Waals surface area contributed by atoms with Crippen LogP contribution in [0, 0.1) is 20.8 Å². The molecule has 0 aliphatic rings. The molecule has 108 valence electrons. The Labute approximate surface area is 128 Å². The molecule has 0 saturated carbocycles. The van der Waals surface area contributed by atoms with Crippen molar-refractivity contribution in [2.75, 3.05) is 11.9 Å². The molecule has 4 nitrogen and oxygen atoms in total. The quantitative estimate of drug-likeness (QED) is 0.790. The van der Waals surface area contributed by atoms with Crippen LogP contribution in [0.2, 0.25) is 0 Å². The molecular weight excluding hydrogens is 280 g/mol. The molecule has 0 bridgehead atoms. The van der Waals surface area contributed by atoms with E-state index in [9.17, 15) is 0 Å². The van der Waals surface area contributed by atoms with E-state index in [4.69, 9.17) is 9.97 Å². The molecule has 0 fully saturated rings. The van der Waals surface area contributed by atoms with E-state index in [-0.39, 0.29) is 0 Å². The molecule has 0 atom stereocenters. The van der Waals surface area contributed by atoms with E-state index in [0.29, 0.717) is 0 Å². The third-order valence-corrected chi connectivity index (χ3v) is 4.45. The van der Waals surface area contributed by atoms with Crippen molar-refractivity contribution in [2.24, 2.45) is 0 Å². The van der Waals surface area contributed by atoms with Crippen molar-refractivity contribution in [1.82, 2.24) is 15.0 Å². The minimum Gasteiger partial charge on any atom is -0.370 e. The molecule has 0 unspecified atom stereocenters. The smallest absolute Gasteiger partial charge is 0.174 e. The minimum atomic E-state index is 0.757. The number of rotatable bonds is 3. The molecule has 2 aromatic heterocycles. The highest BCUT2D eigenvalue weighted by molar-refractivity contribution is 7.15. The van der Waals surface area contributed by atoms with Crippen LogP contribution in [-0.4, -0.2) is 21.5 Å². The summed E-state index contributed by atoms with van der Waals surface area (Å²) in [5.74, 6) is 1.66. The molecule has 0 aliphatic carbocycles. The highest BCUT2D eigenvalue weighted by atomic mass is 32.1. The first-order valence-corrected chi connectivity index (χ1v) is 7.87. The number of hydrogen-bond acceptors (Lipinski definition) is 5. The van der Waals surface area contributed by atoms with Crippen molar-refractivity contribution in [3.63, 3.8) is 0 Å². The summed E-state index contributed by atoms with van der Waals surface area (Å²) in [4.78, 5) is 15.0. The van der Waals surface area contributed by atoms with E-state index in [0.717, 1.165) is 44.7 Å². The van der Waals surface area contributed by atoms with Gasteiger partial charge in [0.05, 0.1) is 21.1 Å². The lowest BCUT2D eigenvalue weighted by atomic mass is 10.1. The summed E-state index contributed by atoms with van der Waals surface area (Å²) in [6.07, 6.45) is 0. The molecule has 0 saturated heterocycles. The molecule has 21 heavy (non-hydrogen) atoms. The van der Waals surface area contributed by atoms with Crippen LogP contribution in [0.3, 0.4) is 0 Å². The Kier molecular flexibility index (Phi) is 3.59. The van der Waals surface area contributed by atoms with Gasteiger partial charge in [-0.2, -0.15) is 0 Å². The number of aromatic nitrogens is 3. The standard InChI is InChI=1S/C16H18N4S/c1-5-17-15-13-9(2)7-6-8-12(13)19-16(20-15)14-10(3)18-11(4)21-14/h6-8H,5H2,1-4H3,(H,17,19,20). The second-order valence-corrected chi connectivity index (χ2v) is 6.25. The van der Waals surface area contributed by atoms with E-state index in [1.165, 1.54) is 5.56 Å². The SMILES string of the molecule is CCNc1nc(-c2sc(C)nc2C)nc2cccc(C)c12. The molecule has 5 heteroatoms. The van der Waals surface area contributed by atoms with E-state index in [2.05, 4.69) is 30.2 Å². The van der Waals surface area contributed by atoms with Crippen LogP contribution in [0.15, 0.2) is 18.2 Å². The predicted octanol–water partition coefficient (Wildman–Crippen LogP) is 4.11. The Balaban J connectivity index is 2.28.